The van der Waals surface area contributed by atoms with Crippen molar-refractivity contribution in [3.8, 4) is 6.07 Å². The molecule has 0 saturated carbocycles. The number of piperidine rings is 1. The number of ether oxygens (including phenoxy) is 1. The second kappa shape index (κ2) is 7.28. The fourth-order valence-electron chi connectivity index (χ4n) is 3.85. The molecule has 1 saturated heterocycles. The molecule has 1 aliphatic heterocycles. The van der Waals surface area contributed by atoms with Crippen molar-refractivity contribution in [3.63, 3.8) is 0 Å². The number of anilines is 1. The lowest BCUT2D eigenvalue weighted by Crippen LogP contribution is -2.45. The number of hydrogen-bond donors (Lipinski definition) is 2. The number of nitrogens with zero attached hydrogens (tertiary/aromatic N) is 4. The van der Waals surface area contributed by atoms with Gasteiger partial charge in [-0.15, -0.1) is 0 Å². The fraction of sp³-hybridized carbons (Fsp3) is 0.421. The van der Waals surface area contributed by atoms with Crippen LogP contribution in [0.4, 0.5) is 5.69 Å². The standard InChI is InChI=1S/C19H22N6O/c1-26-10-9-25(13-4-7-21-8-5-13)18-15(11-20)23-12-16-17(18)14-3-2-6-22-19(14)24-16/h2-3,6,12-13,21H,4-5,7-10H2,1H3,(H,22,24). The minimum atomic E-state index is 0.354. The smallest absolute Gasteiger partial charge is 0.164 e. The van der Waals surface area contributed by atoms with Crippen LogP contribution in [0, 0.1) is 11.3 Å². The average molecular weight is 350 g/mol. The van der Waals surface area contributed by atoms with E-state index < -0.39 is 0 Å². The molecule has 4 rings (SSSR count). The van der Waals surface area contributed by atoms with Crippen LogP contribution in [-0.4, -0.2) is 54.3 Å². The molecule has 7 heteroatoms. The number of methoxy groups -OCH3 is 1. The molecule has 2 N–H and O–H groups in total. The molecule has 7 nitrogen and oxygen atoms in total. The predicted octanol–water partition coefficient (Wildman–Crippen LogP) is 2.19. The molecule has 0 aromatic carbocycles. The maximum atomic E-state index is 9.75. The van der Waals surface area contributed by atoms with Gasteiger partial charge in [-0.1, -0.05) is 0 Å². The summed E-state index contributed by atoms with van der Waals surface area (Å²) in [5.74, 6) is 0. The van der Waals surface area contributed by atoms with Gasteiger partial charge in [0.15, 0.2) is 5.69 Å². The van der Waals surface area contributed by atoms with Crippen LogP contribution in [0.15, 0.2) is 24.5 Å². The molecule has 3 aromatic heterocycles. The van der Waals surface area contributed by atoms with E-state index in [4.69, 9.17) is 4.74 Å². The molecular weight excluding hydrogens is 328 g/mol. The van der Waals surface area contributed by atoms with Gasteiger partial charge in [-0.05, 0) is 38.1 Å². The van der Waals surface area contributed by atoms with Crippen molar-refractivity contribution in [1.29, 1.82) is 5.26 Å². The Labute approximate surface area is 152 Å². The summed E-state index contributed by atoms with van der Waals surface area (Å²) in [5.41, 5.74) is 3.08. The van der Waals surface area contributed by atoms with Gasteiger partial charge in [0.1, 0.15) is 11.7 Å². The Morgan fingerprint density at radius 1 is 1.35 bits per heavy atom. The van der Waals surface area contributed by atoms with Crippen molar-refractivity contribution in [2.75, 3.05) is 38.3 Å². The van der Waals surface area contributed by atoms with Gasteiger partial charge in [-0.2, -0.15) is 5.26 Å². The number of aromatic nitrogens is 3. The fourth-order valence-corrected chi connectivity index (χ4v) is 3.85. The van der Waals surface area contributed by atoms with Crippen LogP contribution in [0.1, 0.15) is 18.5 Å². The van der Waals surface area contributed by atoms with E-state index >= 15 is 0 Å². The summed E-state index contributed by atoms with van der Waals surface area (Å²) in [5, 5.41) is 15.2. The molecule has 26 heavy (non-hydrogen) atoms. The third-order valence-corrected chi connectivity index (χ3v) is 5.06. The maximum absolute atomic E-state index is 9.75. The molecule has 0 atom stereocenters. The molecule has 1 fully saturated rings. The number of hydrogen-bond acceptors (Lipinski definition) is 6. The minimum Gasteiger partial charge on any atom is -0.383 e. The summed E-state index contributed by atoms with van der Waals surface area (Å²) in [4.78, 5) is 14.5. The zero-order valence-corrected chi connectivity index (χ0v) is 14.8. The van der Waals surface area contributed by atoms with Crippen molar-refractivity contribution >= 4 is 27.6 Å². The zero-order chi connectivity index (χ0) is 17.9. The molecule has 0 unspecified atom stereocenters. The lowest BCUT2D eigenvalue weighted by molar-refractivity contribution is 0.201. The van der Waals surface area contributed by atoms with Gasteiger partial charge in [-0.25, -0.2) is 9.97 Å². The summed E-state index contributed by atoms with van der Waals surface area (Å²) in [6, 6.07) is 6.62. The second-order valence-electron chi connectivity index (χ2n) is 6.55. The summed E-state index contributed by atoms with van der Waals surface area (Å²) in [6.45, 7) is 3.29. The molecule has 0 radical (unpaired) electrons. The number of fused-ring (bicyclic) bond motifs is 3. The maximum Gasteiger partial charge on any atom is 0.164 e. The van der Waals surface area contributed by atoms with Gasteiger partial charge in [0.05, 0.1) is 24.0 Å². The molecule has 0 amide bonds. The van der Waals surface area contributed by atoms with Crippen molar-refractivity contribution in [3.05, 3.63) is 30.2 Å². The molecular formula is C19H22N6O. The SMILES string of the molecule is COCCN(c1c(C#N)ncc2[nH]c3ncccc3c12)C1CCNCC1. The number of nitrogens with one attached hydrogen (secondary N) is 2. The first-order chi connectivity index (χ1) is 12.8. The lowest BCUT2D eigenvalue weighted by Gasteiger charge is -2.37. The van der Waals surface area contributed by atoms with E-state index in [9.17, 15) is 5.26 Å². The Bertz CT molecular complexity index is 954. The molecule has 0 aliphatic carbocycles. The molecule has 134 valence electrons. The molecule has 0 bridgehead atoms. The molecule has 0 spiro atoms. The van der Waals surface area contributed by atoms with Gasteiger partial charge in [0, 0.05) is 36.7 Å². The Morgan fingerprint density at radius 2 is 2.19 bits per heavy atom. The van der Waals surface area contributed by atoms with Crippen molar-refractivity contribution in [2.45, 2.75) is 18.9 Å². The van der Waals surface area contributed by atoms with Crippen LogP contribution in [-0.2, 0) is 4.74 Å². The van der Waals surface area contributed by atoms with E-state index in [1.807, 2.05) is 12.1 Å². The van der Waals surface area contributed by atoms with Crippen molar-refractivity contribution in [2.24, 2.45) is 0 Å². The Balaban J connectivity index is 1.94. The molecule has 3 aromatic rings. The normalized spacial score (nSPS) is 15.4. The van der Waals surface area contributed by atoms with E-state index in [0.29, 0.717) is 18.3 Å². The van der Waals surface area contributed by atoms with Gasteiger partial charge >= 0.3 is 0 Å². The highest BCUT2D eigenvalue weighted by molar-refractivity contribution is 6.13. The largest absolute Gasteiger partial charge is 0.383 e. The number of nitriles is 1. The van der Waals surface area contributed by atoms with E-state index in [-0.39, 0.29) is 0 Å². The van der Waals surface area contributed by atoms with Crippen LogP contribution in [0.3, 0.4) is 0 Å². The second-order valence-corrected chi connectivity index (χ2v) is 6.55. The third-order valence-electron chi connectivity index (χ3n) is 5.06. The quantitative estimate of drug-likeness (QED) is 0.733. The number of pyridine rings is 2. The van der Waals surface area contributed by atoms with E-state index in [2.05, 4.69) is 31.2 Å². The Kier molecular flexibility index (Phi) is 4.69. The van der Waals surface area contributed by atoms with Gasteiger partial charge in [0.2, 0.25) is 0 Å². The third kappa shape index (κ3) is 2.87. The van der Waals surface area contributed by atoms with Gasteiger partial charge < -0.3 is 19.9 Å². The average Bonchev–Trinajstić information content (AvgIpc) is 3.08. The molecule has 4 heterocycles. The Hall–Kier alpha value is -2.69. The first-order valence-electron chi connectivity index (χ1n) is 8.95. The van der Waals surface area contributed by atoms with Crippen LogP contribution in [0.2, 0.25) is 0 Å². The summed E-state index contributed by atoms with van der Waals surface area (Å²) < 4.78 is 5.36. The van der Waals surface area contributed by atoms with E-state index in [1.165, 1.54) is 0 Å². The van der Waals surface area contributed by atoms with Crippen LogP contribution >= 0.6 is 0 Å². The van der Waals surface area contributed by atoms with Gasteiger partial charge in [-0.3, -0.25) is 0 Å². The minimum absolute atomic E-state index is 0.354. The van der Waals surface area contributed by atoms with E-state index in [1.54, 1.807) is 19.5 Å². The number of H-pyrrole nitrogens is 1. The first-order valence-corrected chi connectivity index (χ1v) is 8.95. The highest BCUT2D eigenvalue weighted by atomic mass is 16.5. The zero-order valence-electron chi connectivity index (χ0n) is 14.8. The lowest BCUT2D eigenvalue weighted by atomic mass is 10.0. The highest BCUT2D eigenvalue weighted by Crippen LogP contribution is 2.36. The molecule has 1 aliphatic rings. The van der Waals surface area contributed by atoms with Gasteiger partial charge in [0.25, 0.3) is 0 Å². The Morgan fingerprint density at radius 3 is 2.96 bits per heavy atom. The summed E-state index contributed by atoms with van der Waals surface area (Å²) in [7, 11) is 1.71. The highest BCUT2D eigenvalue weighted by Gasteiger charge is 2.27. The monoisotopic (exact) mass is 350 g/mol. The summed E-state index contributed by atoms with van der Waals surface area (Å²) in [6.07, 6.45) is 5.57. The van der Waals surface area contributed by atoms with E-state index in [0.717, 1.165) is 60.1 Å². The predicted molar refractivity (Wildman–Crippen MR) is 101 cm³/mol. The summed E-state index contributed by atoms with van der Waals surface area (Å²) >= 11 is 0. The first kappa shape index (κ1) is 16.8. The number of aromatic amines is 1. The van der Waals surface area contributed by atoms with Crippen molar-refractivity contribution in [1.82, 2.24) is 20.3 Å². The number of rotatable bonds is 5. The van der Waals surface area contributed by atoms with Crippen LogP contribution < -0.4 is 10.2 Å². The van der Waals surface area contributed by atoms with Crippen molar-refractivity contribution < 1.29 is 4.74 Å². The topological polar surface area (TPSA) is 89.9 Å². The van der Waals surface area contributed by atoms with Crippen LogP contribution in [0.25, 0.3) is 21.9 Å². The van der Waals surface area contributed by atoms with Crippen LogP contribution in [0.5, 0.6) is 0 Å².